The summed E-state index contributed by atoms with van der Waals surface area (Å²) in [5.41, 5.74) is 0.0636. The van der Waals surface area contributed by atoms with E-state index in [0.29, 0.717) is 5.56 Å². The van der Waals surface area contributed by atoms with Crippen molar-refractivity contribution in [2.45, 2.75) is 19.8 Å². The first-order valence-electron chi connectivity index (χ1n) is 6.25. The summed E-state index contributed by atoms with van der Waals surface area (Å²) in [6.45, 7) is 3.51. The fraction of sp³-hybridized carbons (Fsp3) is 0.500. The van der Waals surface area contributed by atoms with Gasteiger partial charge in [0.05, 0.1) is 13.0 Å². The molecule has 6 heteroatoms. The summed E-state index contributed by atoms with van der Waals surface area (Å²) in [5, 5.41) is 0. The van der Waals surface area contributed by atoms with E-state index in [2.05, 4.69) is 0 Å². The van der Waals surface area contributed by atoms with Crippen LogP contribution in [0, 0.1) is 23.0 Å². The molecule has 1 saturated carbocycles. The number of esters is 1. The second-order valence-electron chi connectivity index (χ2n) is 5.63. The van der Waals surface area contributed by atoms with Crippen LogP contribution < -0.4 is 9.47 Å². The van der Waals surface area contributed by atoms with Gasteiger partial charge in [-0.15, -0.1) is 0 Å². The number of carbonyl (C=O) groups is 1. The van der Waals surface area contributed by atoms with E-state index in [0.717, 1.165) is 0 Å². The summed E-state index contributed by atoms with van der Waals surface area (Å²) < 4.78 is 42.4. The van der Waals surface area contributed by atoms with Crippen molar-refractivity contribution >= 4 is 5.97 Å². The Bertz CT molecular complexity index is 597. The highest BCUT2D eigenvalue weighted by atomic mass is 19.2. The van der Waals surface area contributed by atoms with Gasteiger partial charge in [-0.2, -0.15) is 8.78 Å². The van der Waals surface area contributed by atoms with Crippen LogP contribution in [0.5, 0.6) is 11.5 Å². The Morgan fingerprint density at radius 2 is 2.05 bits per heavy atom. The number of methoxy groups -OCH3 is 1. The third-order valence-electron chi connectivity index (χ3n) is 4.19. The zero-order valence-electron chi connectivity index (χ0n) is 11.3. The van der Waals surface area contributed by atoms with Gasteiger partial charge >= 0.3 is 5.97 Å². The van der Waals surface area contributed by atoms with Gasteiger partial charge in [-0.3, -0.25) is 4.79 Å². The Hall–Kier alpha value is -1.85. The SMILES string of the molecule is COC(=O)C1C(c2cc3c(F)c(F)c2OCO3)C1(C)C. The normalized spacial score (nSPS) is 25.4. The van der Waals surface area contributed by atoms with E-state index in [1.807, 2.05) is 13.8 Å². The van der Waals surface area contributed by atoms with Crippen molar-refractivity contribution in [2.24, 2.45) is 11.3 Å². The zero-order valence-corrected chi connectivity index (χ0v) is 11.3. The molecular formula is C14H14F2O4. The first kappa shape index (κ1) is 13.1. The Labute approximate surface area is 114 Å². The Balaban J connectivity index is 2.08. The average Bonchev–Trinajstić information content (AvgIpc) is 3.07. The van der Waals surface area contributed by atoms with Crippen LogP contribution in [0.2, 0.25) is 0 Å². The number of halogens is 2. The summed E-state index contributed by atoms with van der Waals surface area (Å²) >= 11 is 0. The minimum atomic E-state index is -1.07. The highest BCUT2D eigenvalue weighted by molar-refractivity contribution is 5.80. The second kappa shape index (κ2) is 4.07. The van der Waals surface area contributed by atoms with Gasteiger partial charge in [0.2, 0.25) is 18.4 Å². The summed E-state index contributed by atoms with van der Waals surface area (Å²) in [4.78, 5) is 11.8. The molecule has 2 atom stereocenters. The first-order chi connectivity index (χ1) is 9.39. The predicted octanol–water partition coefficient (Wildman–Crippen LogP) is 2.61. The van der Waals surface area contributed by atoms with Gasteiger partial charge in [-0.1, -0.05) is 13.8 Å². The maximum atomic E-state index is 13.9. The second-order valence-corrected chi connectivity index (χ2v) is 5.63. The molecule has 0 spiro atoms. The number of carbonyl (C=O) groups excluding carboxylic acids is 1. The standard InChI is InChI=1S/C14H14F2O4/c1-14(2)8(9(14)13(17)18-3)6-4-7-10(15)11(16)12(6)20-5-19-7/h4,8-9H,5H2,1-3H3. The van der Waals surface area contributed by atoms with Crippen molar-refractivity contribution in [3.63, 3.8) is 0 Å². The van der Waals surface area contributed by atoms with Crippen molar-refractivity contribution in [1.82, 2.24) is 0 Å². The van der Waals surface area contributed by atoms with Gasteiger partial charge in [0, 0.05) is 11.5 Å². The van der Waals surface area contributed by atoms with Crippen molar-refractivity contribution in [3.05, 3.63) is 23.3 Å². The predicted molar refractivity (Wildman–Crippen MR) is 64.5 cm³/mol. The molecule has 1 fully saturated rings. The highest BCUT2D eigenvalue weighted by Gasteiger charge is 2.64. The van der Waals surface area contributed by atoms with Gasteiger partial charge in [0.25, 0.3) is 0 Å². The molecular weight excluding hydrogens is 270 g/mol. The van der Waals surface area contributed by atoms with Crippen molar-refractivity contribution in [2.75, 3.05) is 13.9 Å². The van der Waals surface area contributed by atoms with Crippen LogP contribution in [0.3, 0.4) is 0 Å². The number of ether oxygens (including phenoxy) is 3. The van der Waals surface area contributed by atoms with Gasteiger partial charge in [-0.25, -0.2) is 0 Å². The summed E-state index contributed by atoms with van der Waals surface area (Å²) in [7, 11) is 1.31. The van der Waals surface area contributed by atoms with Crippen LogP contribution in [-0.2, 0) is 9.53 Å². The topological polar surface area (TPSA) is 44.8 Å². The van der Waals surface area contributed by atoms with Crippen LogP contribution in [0.1, 0.15) is 25.3 Å². The number of hydrogen-bond acceptors (Lipinski definition) is 4. The van der Waals surface area contributed by atoms with Crippen LogP contribution in [0.4, 0.5) is 8.78 Å². The molecule has 0 radical (unpaired) electrons. The smallest absolute Gasteiger partial charge is 0.309 e. The molecule has 1 aliphatic carbocycles. The average molecular weight is 284 g/mol. The van der Waals surface area contributed by atoms with Crippen LogP contribution >= 0.6 is 0 Å². The molecule has 0 aromatic heterocycles. The molecule has 2 unspecified atom stereocenters. The largest absolute Gasteiger partial charge is 0.469 e. The minimum Gasteiger partial charge on any atom is -0.469 e. The molecule has 108 valence electrons. The van der Waals surface area contributed by atoms with Crippen molar-refractivity contribution in [3.8, 4) is 11.5 Å². The van der Waals surface area contributed by atoms with E-state index < -0.39 is 23.0 Å². The van der Waals surface area contributed by atoms with Gasteiger partial charge in [0.1, 0.15) is 0 Å². The van der Waals surface area contributed by atoms with E-state index in [4.69, 9.17) is 14.2 Å². The summed E-state index contributed by atoms with van der Waals surface area (Å²) in [6, 6.07) is 1.41. The van der Waals surface area contributed by atoms with Crippen molar-refractivity contribution < 1.29 is 27.8 Å². The molecule has 2 heterocycles. The monoisotopic (exact) mass is 284 g/mol. The van der Waals surface area contributed by atoms with Crippen LogP contribution in [0.15, 0.2) is 6.07 Å². The summed E-state index contributed by atoms with van der Waals surface area (Å²) in [5.74, 6) is -3.53. The molecule has 4 rings (SSSR count). The molecule has 4 nitrogen and oxygen atoms in total. The highest BCUT2D eigenvalue weighted by Crippen LogP contribution is 2.67. The first-order valence-corrected chi connectivity index (χ1v) is 6.25. The van der Waals surface area contributed by atoms with Crippen LogP contribution in [-0.4, -0.2) is 19.9 Å². The molecule has 20 heavy (non-hydrogen) atoms. The number of hydrogen-bond donors (Lipinski definition) is 0. The van der Waals surface area contributed by atoms with E-state index in [-0.39, 0.29) is 30.2 Å². The quantitative estimate of drug-likeness (QED) is 0.783. The third-order valence-corrected chi connectivity index (χ3v) is 4.19. The number of fused-ring (bicyclic) bond motifs is 4. The van der Waals surface area contributed by atoms with E-state index in [9.17, 15) is 13.6 Å². The lowest BCUT2D eigenvalue weighted by atomic mass is 10.0. The van der Waals surface area contributed by atoms with Gasteiger partial charge < -0.3 is 14.2 Å². The van der Waals surface area contributed by atoms with E-state index >= 15 is 0 Å². The lowest BCUT2D eigenvalue weighted by Gasteiger charge is -2.08. The third kappa shape index (κ3) is 1.60. The zero-order chi connectivity index (χ0) is 14.7. The van der Waals surface area contributed by atoms with E-state index in [1.54, 1.807) is 0 Å². The Morgan fingerprint density at radius 1 is 1.35 bits per heavy atom. The van der Waals surface area contributed by atoms with Gasteiger partial charge in [-0.05, 0) is 11.5 Å². The molecule has 2 bridgehead atoms. The molecule has 1 aromatic carbocycles. The lowest BCUT2D eigenvalue weighted by molar-refractivity contribution is -0.143. The molecule has 2 aliphatic heterocycles. The Morgan fingerprint density at radius 3 is 2.70 bits per heavy atom. The lowest BCUT2D eigenvalue weighted by Crippen LogP contribution is -2.07. The fourth-order valence-electron chi connectivity index (χ4n) is 3.02. The Kier molecular flexibility index (Phi) is 2.68. The maximum Gasteiger partial charge on any atom is 0.309 e. The number of benzene rings is 1. The molecule has 1 aromatic rings. The molecule has 3 aliphatic rings. The van der Waals surface area contributed by atoms with Gasteiger partial charge in [0.15, 0.2) is 11.5 Å². The fourth-order valence-corrected chi connectivity index (χ4v) is 3.02. The minimum absolute atomic E-state index is 0.173. The summed E-state index contributed by atoms with van der Waals surface area (Å²) in [6.07, 6.45) is 0. The molecule has 0 amide bonds. The molecule has 0 saturated heterocycles. The van der Waals surface area contributed by atoms with Crippen molar-refractivity contribution in [1.29, 1.82) is 0 Å². The number of rotatable bonds is 2. The molecule has 0 N–H and O–H groups in total. The van der Waals surface area contributed by atoms with E-state index in [1.165, 1.54) is 13.2 Å². The maximum absolute atomic E-state index is 13.9. The van der Waals surface area contributed by atoms with Crippen LogP contribution in [0.25, 0.3) is 0 Å².